The van der Waals surface area contributed by atoms with Crippen LogP contribution in [-0.2, 0) is 16.6 Å². The van der Waals surface area contributed by atoms with Crippen molar-refractivity contribution in [1.29, 1.82) is 0 Å². The second-order valence-electron chi connectivity index (χ2n) is 3.91. The summed E-state index contributed by atoms with van der Waals surface area (Å²) >= 11 is 5.65. The summed E-state index contributed by atoms with van der Waals surface area (Å²) in [6.07, 6.45) is 1.75. The van der Waals surface area contributed by atoms with Crippen LogP contribution < -0.4 is 10.0 Å². The molecule has 0 spiro atoms. The minimum absolute atomic E-state index is 0.105. The third-order valence-corrected chi connectivity index (χ3v) is 3.26. The van der Waals surface area contributed by atoms with Crippen LogP contribution in [0.4, 0.5) is 4.39 Å². The van der Waals surface area contributed by atoms with Gasteiger partial charge in [-0.2, -0.15) is 0 Å². The first-order valence-electron chi connectivity index (χ1n) is 5.48. The smallest absolute Gasteiger partial charge is 0.208 e. The van der Waals surface area contributed by atoms with Crippen molar-refractivity contribution in [3.63, 3.8) is 0 Å². The summed E-state index contributed by atoms with van der Waals surface area (Å²) in [6.45, 7) is 1.32. The molecule has 18 heavy (non-hydrogen) atoms. The van der Waals surface area contributed by atoms with Crippen molar-refractivity contribution in [3.8, 4) is 0 Å². The van der Waals surface area contributed by atoms with Crippen LogP contribution in [0.25, 0.3) is 0 Å². The summed E-state index contributed by atoms with van der Waals surface area (Å²) in [5.74, 6) is -0.416. The van der Waals surface area contributed by atoms with E-state index in [1.54, 1.807) is 12.1 Å². The average Bonchev–Trinajstić information content (AvgIpc) is 2.27. The van der Waals surface area contributed by atoms with Crippen LogP contribution in [0.2, 0.25) is 5.02 Å². The average molecular weight is 295 g/mol. The van der Waals surface area contributed by atoms with E-state index in [4.69, 9.17) is 11.6 Å². The van der Waals surface area contributed by atoms with Crippen LogP contribution in [0, 0.1) is 5.82 Å². The van der Waals surface area contributed by atoms with Gasteiger partial charge in [-0.05, 0) is 19.0 Å². The molecule has 0 aliphatic carbocycles. The van der Waals surface area contributed by atoms with Gasteiger partial charge >= 0.3 is 0 Å². The monoisotopic (exact) mass is 294 g/mol. The number of hydrogen-bond acceptors (Lipinski definition) is 3. The molecule has 2 N–H and O–H groups in total. The van der Waals surface area contributed by atoms with Crippen molar-refractivity contribution in [2.75, 3.05) is 19.3 Å². The van der Waals surface area contributed by atoms with Gasteiger partial charge < -0.3 is 5.32 Å². The minimum Gasteiger partial charge on any atom is -0.313 e. The van der Waals surface area contributed by atoms with E-state index < -0.39 is 15.8 Å². The van der Waals surface area contributed by atoms with Crippen molar-refractivity contribution in [2.45, 2.75) is 13.0 Å². The van der Waals surface area contributed by atoms with Crippen LogP contribution in [0.1, 0.15) is 12.0 Å². The number of nitrogens with one attached hydrogen (secondary N) is 2. The van der Waals surface area contributed by atoms with Crippen molar-refractivity contribution in [3.05, 3.63) is 34.6 Å². The Morgan fingerprint density at radius 1 is 1.33 bits per heavy atom. The maximum Gasteiger partial charge on any atom is 0.208 e. The summed E-state index contributed by atoms with van der Waals surface area (Å²) in [6, 6.07) is 4.84. The molecular weight excluding hydrogens is 279 g/mol. The zero-order valence-corrected chi connectivity index (χ0v) is 11.6. The zero-order chi connectivity index (χ0) is 13.6. The molecule has 0 heterocycles. The van der Waals surface area contributed by atoms with Gasteiger partial charge in [-0.1, -0.05) is 23.7 Å². The highest BCUT2D eigenvalue weighted by molar-refractivity contribution is 7.88. The topological polar surface area (TPSA) is 58.2 Å². The van der Waals surface area contributed by atoms with Crippen molar-refractivity contribution >= 4 is 21.6 Å². The van der Waals surface area contributed by atoms with E-state index in [1.165, 1.54) is 6.07 Å². The number of hydrogen-bond donors (Lipinski definition) is 2. The van der Waals surface area contributed by atoms with Gasteiger partial charge in [0.05, 0.1) is 11.3 Å². The van der Waals surface area contributed by atoms with Gasteiger partial charge in [0.25, 0.3) is 0 Å². The highest BCUT2D eigenvalue weighted by Gasteiger charge is 2.05. The lowest BCUT2D eigenvalue weighted by Crippen LogP contribution is -2.26. The van der Waals surface area contributed by atoms with Gasteiger partial charge in [0.2, 0.25) is 10.0 Å². The summed E-state index contributed by atoms with van der Waals surface area (Å²) in [7, 11) is -3.13. The Balaban J connectivity index is 2.24. The molecule has 1 rings (SSSR count). The minimum atomic E-state index is -3.13. The summed E-state index contributed by atoms with van der Waals surface area (Å²) < 4.78 is 37.4. The largest absolute Gasteiger partial charge is 0.313 e. The zero-order valence-electron chi connectivity index (χ0n) is 10.0. The van der Waals surface area contributed by atoms with E-state index in [0.29, 0.717) is 31.6 Å². The van der Waals surface area contributed by atoms with E-state index in [9.17, 15) is 12.8 Å². The lowest BCUT2D eigenvalue weighted by Gasteiger charge is -2.07. The molecule has 1 aromatic rings. The molecule has 4 nitrogen and oxygen atoms in total. The molecule has 0 bridgehead atoms. The summed E-state index contributed by atoms with van der Waals surface area (Å²) in [5, 5.41) is 3.13. The Morgan fingerprint density at radius 2 is 2.06 bits per heavy atom. The van der Waals surface area contributed by atoms with Crippen LogP contribution in [-0.4, -0.2) is 27.8 Å². The lowest BCUT2D eigenvalue weighted by molar-refractivity contribution is 0.570. The molecule has 0 saturated heterocycles. The van der Waals surface area contributed by atoms with E-state index in [-0.39, 0.29) is 5.02 Å². The number of benzene rings is 1. The molecule has 0 aliphatic heterocycles. The molecule has 0 unspecified atom stereocenters. The molecule has 7 heteroatoms. The maximum atomic E-state index is 13.5. The fourth-order valence-electron chi connectivity index (χ4n) is 1.38. The molecule has 1 aromatic carbocycles. The SMILES string of the molecule is CS(=O)(=O)NCCCNCc1cccc(Cl)c1F. The van der Waals surface area contributed by atoms with Gasteiger partial charge in [0.1, 0.15) is 5.82 Å². The van der Waals surface area contributed by atoms with E-state index in [0.717, 1.165) is 6.26 Å². The van der Waals surface area contributed by atoms with Crippen molar-refractivity contribution in [1.82, 2.24) is 10.0 Å². The van der Waals surface area contributed by atoms with E-state index in [2.05, 4.69) is 10.0 Å². The van der Waals surface area contributed by atoms with E-state index in [1.807, 2.05) is 0 Å². The number of rotatable bonds is 7. The fourth-order valence-corrected chi connectivity index (χ4v) is 2.09. The maximum absolute atomic E-state index is 13.5. The predicted molar refractivity (Wildman–Crippen MR) is 70.6 cm³/mol. The Bertz CT molecular complexity index is 494. The van der Waals surface area contributed by atoms with Crippen molar-refractivity contribution in [2.24, 2.45) is 0 Å². The predicted octanol–water partition coefficient (Wildman–Crippen LogP) is 1.51. The van der Waals surface area contributed by atoms with Crippen LogP contribution in [0.15, 0.2) is 18.2 Å². The lowest BCUT2D eigenvalue weighted by atomic mass is 10.2. The summed E-state index contributed by atoms with van der Waals surface area (Å²) in [4.78, 5) is 0. The van der Waals surface area contributed by atoms with Crippen LogP contribution in [0.3, 0.4) is 0 Å². The second-order valence-corrected chi connectivity index (χ2v) is 6.15. The summed E-state index contributed by atoms with van der Waals surface area (Å²) in [5.41, 5.74) is 0.499. The molecule has 0 amide bonds. The quantitative estimate of drug-likeness (QED) is 0.750. The first-order valence-corrected chi connectivity index (χ1v) is 7.75. The first-order chi connectivity index (χ1) is 8.40. The van der Waals surface area contributed by atoms with Gasteiger partial charge in [-0.3, -0.25) is 0 Å². The van der Waals surface area contributed by atoms with Gasteiger partial charge in [0.15, 0.2) is 0 Å². The molecule has 0 radical (unpaired) electrons. The Kier molecular flexibility index (Phi) is 6.01. The van der Waals surface area contributed by atoms with Crippen molar-refractivity contribution < 1.29 is 12.8 Å². The van der Waals surface area contributed by atoms with Gasteiger partial charge in [-0.15, -0.1) is 0 Å². The van der Waals surface area contributed by atoms with Gasteiger partial charge in [-0.25, -0.2) is 17.5 Å². The molecule has 102 valence electrons. The molecule has 0 aromatic heterocycles. The fraction of sp³-hybridized carbons (Fsp3) is 0.455. The van der Waals surface area contributed by atoms with Crippen LogP contribution >= 0.6 is 11.6 Å². The molecule has 0 aliphatic rings. The number of sulfonamides is 1. The molecule has 0 atom stereocenters. The normalized spacial score (nSPS) is 11.7. The third kappa shape index (κ3) is 5.77. The molecule has 0 saturated carbocycles. The van der Waals surface area contributed by atoms with E-state index >= 15 is 0 Å². The Morgan fingerprint density at radius 3 is 2.72 bits per heavy atom. The molecule has 0 fully saturated rings. The van der Waals surface area contributed by atoms with Crippen LogP contribution in [0.5, 0.6) is 0 Å². The molecular formula is C11H16ClFN2O2S. The highest BCUT2D eigenvalue weighted by Crippen LogP contribution is 2.17. The second kappa shape index (κ2) is 7.04. The Labute approximate surface area is 112 Å². The standard InChI is InChI=1S/C11H16ClFN2O2S/c1-18(16,17)15-7-3-6-14-8-9-4-2-5-10(12)11(9)13/h2,4-5,14-15H,3,6-8H2,1H3. The first kappa shape index (κ1) is 15.4. The number of halogens is 2. The third-order valence-electron chi connectivity index (χ3n) is 2.24. The highest BCUT2D eigenvalue weighted by atomic mass is 35.5. The Hall–Kier alpha value is -0.690. The van der Waals surface area contributed by atoms with Gasteiger partial charge in [0, 0.05) is 18.7 Å².